The summed E-state index contributed by atoms with van der Waals surface area (Å²) < 4.78 is 15.6. The van der Waals surface area contributed by atoms with Crippen molar-refractivity contribution in [2.45, 2.75) is 58.5 Å². The minimum Gasteiger partial charge on any atom is -0.371 e. The predicted molar refractivity (Wildman–Crippen MR) is 212 cm³/mol. The van der Waals surface area contributed by atoms with Crippen molar-refractivity contribution in [1.82, 2.24) is 34.9 Å². The van der Waals surface area contributed by atoms with Gasteiger partial charge in [0.25, 0.3) is 11.8 Å². The smallest absolute Gasteiger partial charge is 0.262 e. The first kappa shape index (κ1) is 36.4. The Hall–Kier alpha value is -6.22. The maximum atomic E-state index is 13.9. The molecule has 0 saturated carbocycles. The molecule has 0 bridgehead atoms. The highest BCUT2D eigenvalue weighted by Crippen LogP contribution is 2.34. The van der Waals surface area contributed by atoms with Crippen molar-refractivity contribution in [3.05, 3.63) is 93.9 Å². The maximum Gasteiger partial charge on any atom is 0.262 e. The number of aryl methyl sites for hydroxylation is 3. The molecule has 1 atom stereocenters. The molecule has 6 heterocycles. The molecule has 0 radical (unpaired) electrons. The van der Waals surface area contributed by atoms with Gasteiger partial charge in [0.2, 0.25) is 17.8 Å². The lowest BCUT2D eigenvalue weighted by Gasteiger charge is -2.37. The van der Waals surface area contributed by atoms with Gasteiger partial charge in [-0.1, -0.05) is 6.07 Å². The zero-order chi connectivity index (χ0) is 39.5. The van der Waals surface area contributed by atoms with Crippen molar-refractivity contribution in [2.75, 3.05) is 41.7 Å². The van der Waals surface area contributed by atoms with E-state index in [-0.39, 0.29) is 18.7 Å². The lowest BCUT2D eigenvalue weighted by Crippen LogP contribution is -2.54. The first-order valence-corrected chi connectivity index (χ1v) is 19.4. The second-order valence-electron chi connectivity index (χ2n) is 15.6. The normalized spacial score (nSPS) is 18.9. The van der Waals surface area contributed by atoms with Crippen molar-refractivity contribution < 1.29 is 23.6 Å². The van der Waals surface area contributed by atoms with Gasteiger partial charge in [0.05, 0.1) is 16.5 Å². The van der Waals surface area contributed by atoms with E-state index in [9.17, 15) is 23.6 Å². The monoisotopic (exact) mass is 770 g/mol. The highest BCUT2D eigenvalue weighted by atomic mass is 19.1. The molecule has 2 saturated heterocycles. The summed E-state index contributed by atoms with van der Waals surface area (Å²) in [5.41, 5.74) is 8.09. The molecule has 0 aliphatic carbocycles. The highest BCUT2D eigenvalue weighted by molar-refractivity contribution is 6.23. The number of anilines is 5. The van der Waals surface area contributed by atoms with E-state index >= 15 is 0 Å². The minimum atomic E-state index is -0.974. The number of carbonyl (C=O) groups excluding carboxylic acids is 4. The van der Waals surface area contributed by atoms with E-state index in [1.54, 1.807) is 23.0 Å². The average Bonchev–Trinajstić information content (AvgIpc) is 3.63. The van der Waals surface area contributed by atoms with Gasteiger partial charge < -0.3 is 15.5 Å². The summed E-state index contributed by atoms with van der Waals surface area (Å²) in [6.45, 7) is 8.25. The molecule has 4 amide bonds. The van der Waals surface area contributed by atoms with Crippen LogP contribution in [0.2, 0.25) is 0 Å². The quantitative estimate of drug-likeness (QED) is 0.176. The summed E-state index contributed by atoms with van der Waals surface area (Å²) in [6.07, 6.45) is 4.97. The molecule has 14 nitrogen and oxygen atoms in total. The molecule has 3 aromatic carbocycles. The fourth-order valence-corrected chi connectivity index (χ4v) is 8.79. The van der Waals surface area contributed by atoms with Crippen molar-refractivity contribution in [3.63, 3.8) is 0 Å². The summed E-state index contributed by atoms with van der Waals surface area (Å²) in [5, 5.41) is 14.4. The minimum absolute atomic E-state index is 0.0914. The molecule has 2 aromatic heterocycles. The van der Waals surface area contributed by atoms with Crippen LogP contribution in [0.1, 0.15) is 68.7 Å². The Labute approximate surface area is 328 Å². The fraction of sp³-hybridized carbons (Fsp3) is 0.357. The third kappa shape index (κ3) is 6.85. The van der Waals surface area contributed by atoms with E-state index in [1.165, 1.54) is 23.3 Å². The van der Waals surface area contributed by atoms with Gasteiger partial charge in [-0.3, -0.25) is 34.3 Å². The van der Waals surface area contributed by atoms with Crippen LogP contribution in [0.15, 0.2) is 54.7 Å². The first-order chi connectivity index (χ1) is 27.5. The number of piperidine rings is 2. The van der Waals surface area contributed by atoms with E-state index in [2.05, 4.69) is 54.0 Å². The second-order valence-corrected chi connectivity index (χ2v) is 15.6. The van der Waals surface area contributed by atoms with Crippen molar-refractivity contribution in [2.24, 2.45) is 13.0 Å². The van der Waals surface area contributed by atoms with Crippen LogP contribution in [0.4, 0.5) is 33.2 Å². The molecule has 3 N–H and O–H groups in total. The molecule has 0 spiro atoms. The number of rotatable bonds is 8. The number of aromatic nitrogens is 4. The summed E-state index contributed by atoms with van der Waals surface area (Å²) in [5.74, 6) is -0.640. The number of nitrogens with zero attached hydrogens (tertiary/aromatic N) is 7. The number of fused-ring (bicyclic) bond motifs is 3. The van der Waals surface area contributed by atoms with Gasteiger partial charge in [-0.15, -0.1) is 0 Å². The molecular formula is C42H43FN10O4. The van der Waals surface area contributed by atoms with Gasteiger partial charge in [-0.05, 0) is 110 Å². The number of carbonyl (C=O) groups is 4. The lowest BCUT2D eigenvalue weighted by atomic mass is 9.93. The van der Waals surface area contributed by atoms with Crippen LogP contribution in [0.3, 0.4) is 0 Å². The zero-order valence-corrected chi connectivity index (χ0v) is 32.1. The number of hydrogen-bond donors (Lipinski definition) is 3. The van der Waals surface area contributed by atoms with Gasteiger partial charge in [0.15, 0.2) is 11.5 Å². The molecule has 1 unspecified atom stereocenters. The Balaban J connectivity index is 0.811. The Bertz CT molecular complexity index is 2470. The zero-order valence-electron chi connectivity index (χ0n) is 32.1. The number of nitrogens with one attached hydrogen (secondary N) is 3. The molecule has 5 aromatic rings. The van der Waals surface area contributed by atoms with Gasteiger partial charge in [0, 0.05) is 69.5 Å². The van der Waals surface area contributed by atoms with Gasteiger partial charge in [-0.25, -0.2) is 14.1 Å². The van der Waals surface area contributed by atoms with Gasteiger partial charge in [0.1, 0.15) is 11.9 Å². The van der Waals surface area contributed by atoms with E-state index in [4.69, 9.17) is 4.98 Å². The third-order valence-electron chi connectivity index (χ3n) is 11.8. The van der Waals surface area contributed by atoms with E-state index < -0.39 is 29.7 Å². The topological polar surface area (TPSA) is 158 Å². The van der Waals surface area contributed by atoms with E-state index in [1.807, 2.05) is 27.0 Å². The number of amides is 4. The summed E-state index contributed by atoms with van der Waals surface area (Å²) in [7, 11) is 1.84. The number of benzene rings is 3. The van der Waals surface area contributed by atoms with Crippen molar-refractivity contribution in [1.29, 1.82) is 0 Å². The summed E-state index contributed by atoms with van der Waals surface area (Å²) in [4.78, 5) is 65.8. The Morgan fingerprint density at radius 1 is 0.860 bits per heavy atom. The van der Waals surface area contributed by atoms with Crippen LogP contribution in [-0.4, -0.2) is 85.4 Å². The van der Waals surface area contributed by atoms with Gasteiger partial charge >= 0.3 is 0 Å². The molecule has 15 heteroatoms. The van der Waals surface area contributed by atoms with Gasteiger partial charge in [-0.2, -0.15) is 10.1 Å². The Morgan fingerprint density at radius 2 is 1.63 bits per heavy atom. The van der Waals surface area contributed by atoms with Crippen LogP contribution in [0.5, 0.6) is 0 Å². The van der Waals surface area contributed by atoms with E-state index in [0.717, 1.165) is 90.5 Å². The summed E-state index contributed by atoms with van der Waals surface area (Å²) in [6, 6.07) is 13.8. The number of halogens is 1. The largest absolute Gasteiger partial charge is 0.371 e. The first-order valence-electron chi connectivity index (χ1n) is 19.4. The van der Waals surface area contributed by atoms with Crippen molar-refractivity contribution >= 4 is 63.5 Å². The van der Waals surface area contributed by atoms with Crippen LogP contribution < -0.4 is 20.9 Å². The average molecular weight is 771 g/mol. The molecular weight excluding hydrogens is 728 g/mol. The SMILES string of the molecule is Cc1cc(F)cc(C)c1Nc1nn(C)c2nc(Nc3ccc4c(c3)CN(CC3CCN(c5ccc6c(c5)C(=O)N(C5CCC(=O)NC5=O)C6=O)CC3)CC4)ncc12. The molecule has 57 heavy (non-hydrogen) atoms. The highest BCUT2D eigenvalue weighted by Gasteiger charge is 2.45. The Morgan fingerprint density at radius 3 is 2.40 bits per heavy atom. The van der Waals surface area contributed by atoms with E-state index in [0.29, 0.717) is 34.5 Å². The third-order valence-corrected chi connectivity index (χ3v) is 11.8. The molecule has 292 valence electrons. The maximum absolute atomic E-state index is 13.9. The molecule has 2 fully saturated rings. The van der Waals surface area contributed by atoms with Crippen molar-refractivity contribution in [3.8, 4) is 0 Å². The second kappa shape index (κ2) is 14.4. The molecule has 4 aliphatic rings. The number of hydrogen-bond acceptors (Lipinski definition) is 11. The lowest BCUT2D eigenvalue weighted by molar-refractivity contribution is -0.136. The van der Waals surface area contributed by atoms with Crippen LogP contribution in [0, 0.1) is 25.6 Å². The Kier molecular flexibility index (Phi) is 9.18. The van der Waals surface area contributed by atoms with Crippen LogP contribution in [-0.2, 0) is 29.6 Å². The van der Waals surface area contributed by atoms with Crippen LogP contribution >= 0.6 is 0 Å². The van der Waals surface area contributed by atoms with Crippen LogP contribution in [0.25, 0.3) is 11.0 Å². The summed E-state index contributed by atoms with van der Waals surface area (Å²) >= 11 is 0. The fourth-order valence-electron chi connectivity index (χ4n) is 8.79. The number of imide groups is 2. The predicted octanol–water partition coefficient (Wildman–Crippen LogP) is 5.28. The molecule has 4 aliphatic heterocycles. The standard InChI is InChI=1S/C42H43FN10O4/c1-23-16-28(43)17-24(2)36(23)47-37-33-20-44-42(48-38(33)50(3)49-37)45-29-5-4-26-12-13-51(22-27(26)18-29)21-25-10-14-52(15-11-25)30-6-7-31-32(19-30)41(57)53(40(31)56)34-8-9-35(54)46-39(34)55/h4-7,16-20,25,34H,8-15,21-22H2,1-3H3,(H,47,49)(H,44,45,48)(H,46,54,55). The molecule has 9 rings (SSSR count).